The second-order valence-corrected chi connectivity index (χ2v) is 6.73. The molecule has 1 unspecified atom stereocenters. The first-order chi connectivity index (χ1) is 15.0. The van der Waals surface area contributed by atoms with E-state index in [1.165, 1.54) is 7.11 Å². The molecule has 0 heterocycles. The third kappa shape index (κ3) is 4.91. The molecular formula is C25H23F2NO3. The van der Waals surface area contributed by atoms with E-state index in [1.807, 2.05) is 30.3 Å². The highest BCUT2D eigenvalue weighted by Crippen LogP contribution is 2.34. The van der Waals surface area contributed by atoms with Gasteiger partial charge in [0.05, 0.1) is 13.7 Å². The summed E-state index contributed by atoms with van der Waals surface area (Å²) in [5, 5.41) is 2.78. The maximum absolute atomic E-state index is 14.8. The summed E-state index contributed by atoms with van der Waals surface area (Å²) < 4.78 is 39.8. The Morgan fingerprint density at radius 3 is 2.13 bits per heavy atom. The lowest BCUT2D eigenvalue weighted by Gasteiger charge is -2.31. The van der Waals surface area contributed by atoms with Crippen LogP contribution in [0, 0.1) is 11.6 Å². The smallest absolute Gasteiger partial charge is 0.340 e. The van der Waals surface area contributed by atoms with E-state index < -0.39 is 28.8 Å². The number of ether oxygens (including phenoxy) is 2. The molecule has 0 saturated carbocycles. The zero-order valence-corrected chi connectivity index (χ0v) is 17.3. The lowest BCUT2D eigenvalue weighted by atomic mass is 9.88. The SMILES string of the molecule is CCOC(=O)C(/C=C/c1ccccc1)(Nc1c(F)cc(OC)cc1F)c1ccccc1. The molecule has 0 bridgehead atoms. The lowest BCUT2D eigenvalue weighted by molar-refractivity contribution is -0.147. The third-order valence-electron chi connectivity index (χ3n) is 4.73. The summed E-state index contributed by atoms with van der Waals surface area (Å²) in [6.45, 7) is 1.77. The zero-order chi connectivity index (χ0) is 22.3. The average molecular weight is 423 g/mol. The molecule has 0 aliphatic carbocycles. The van der Waals surface area contributed by atoms with Gasteiger partial charge in [-0.2, -0.15) is 0 Å². The van der Waals surface area contributed by atoms with Gasteiger partial charge in [-0.15, -0.1) is 0 Å². The van der Waals surface area contributed by atoms with Crippen molar-refractivity contribution in [2.75, 3.05) is 19.0 Å². The molecule has 0 amide bonds. The van der Waals surface area contributed by atoms with Crippen molar-refractivity contribution in [2.24, 2.45) is 0 Å². The molecule has 0 aliphatic rings. The normalized spacial score (nSPS) is 12.9. The number of hydrogen-bond acceptors (Lipinski definition) is 4. The minimum atomic E-state index is -1.68. The van der Waals surface area contributed by atoms with Crippen molar-refractivity contribution in [3.05, 3.63) is 102 Å². The van der Waals surface area contributed by atoms with Crippen molar-refractivity contribution >= 4 is 17.7 Å². The second-order valence-electron chi connectivity index (χ2n) is 6.73. The van der Waals surface area contributed by atoms with Gasteiger partial charge in [-0.3, -0.25) is 0 Å². The summed E-state index contributed by atoms with van der Waals surface area (Å²) in [7, 11) is 1.32. The Bertz CT molecular complexity index is 1030. The molecule has 6 heteroatoms. The van der Waals surface area contributed by atoms with Gasteiger partial charge in [-0.1, -0.05) is 66.7 Å². The highest BCUT2D eigenvalue weighted by atomic mass is 19.1. The number of benzene rings is 3. The molecule has 0 fully saturated rings. The number of anilines is 1. The van der Waals surface area contributed by atoms with E-state index in [0.717, 1.165) is 17.7 Å². The minimum absolute atomic E-state index is 0.0295. The van der Waals surface area contributed by atoms with E-state index in [4.69, 9.17) is 9.47 Å². The van der Waals surface area contributed by atoms with E-state index >= 15 is 0 Å². The maximum Gasteiger partial charge on any atom is 0.340 e. The van der Waals surface area contributed by atoms with Crippen LogP contribution < -0.4 is 10.1 Å². The summed E-state index contributed by atoms with van der Waals surface area (Å²) in [6, 6.07) is 20.0. The first-order valence-corrected chi connectivity index (χ1v) is 9.78. The Labute approximate surface area is 180 Å². The Balaban J connectivity index is 2.19. The van der Waals surface area contributed by atoms with Gasteiger partial charge in [0.15, 0.2) is 17.2 Å². The largest absolute Gasteiger partial charge is 0.497 e. The minimum Gasteiger partial charge on any atom is -0.497 e. The lowest BCUT2D eigenvalue weighted by Crippen LogP contribution is -2.43. The topological polar surface area (TPSA) is 47.6 Å². The van der Waals surface area contributed by atoms with E-state index in [-0.39, 0.29) is 12.4 Å². The van der Waals surface area contributed by atoms with Gasteiger partial charge in [0.25, 0.3) is 0 Å². The number of rotatable bonds is 8. The summed E-state index contributed by atoms with van der Waals surface area (Å²) in [4.78, 5) is 13.2. The number of esters is 1. The van der Waals surface area contributed by atoms with Crippen LogP contribution in [0.15, 0.2) is 78.9 Å². The van der Waals surface area contributed by atoms with Crippen LogP contribution in [-0.4, -0.2) is 19.7 Å². The highest BCUT2D eigenvalue weighted by molar-refractivity contribution is 5.90. The van der Waals surface area contributed by atoms with Crippen molar-refractivity contribution < 1.29 is 23.0 Å². The molecule has 160 valence electrons. The predicted octanol–water partition coefficient (Wildman–Crippen LogP) is 5.56. The van der Waals surface area contributed by atoms with Gasteiger partial charge in [-0.05, 0) is 24.1 Å². The van der Waals surface area contributed by atoms with Crippen molar-refractivity contribution in [3.63, 3.8) is 0 Å². The molecule has 3 rings (SSSR count). The number of hydrogen-bond donors (Lipinski definition) is 1. The molecule has 0 spiro atoms. The molecule has 0 radical (unpaired) electrons. The summed E-state index contributed by atoms with van der Waals surface area (Å²) >= 11 is 0. The Morgan fingerprint density at radius 2 is 1.58 bits per heavy atom. The van der Waals surface area contributed by atoms with E-state index in [2.05, 4.69) is 5.32 Å². The van der Waals surface area contributed by atoms with Crippen molar-refractivity contribution in [2.45, 2.75) is 12.5 Å². The number of methoxy groups -OCH3 is 1. The fraction of sp³-hybridized carbons (Fsp3) is 0.160. The van der Waals surface area contributed by atoms with E-state index in [1.54, 1.807) is 49.4 Å². The summed E-state index contributed by atoms with van der Waals surface area (Å²) in [5.41, 5.74) is -0.862. The quantitative estimate of drug-likeness (QED) is 0.482. The van der Waals surface area contributed by atoms with E-state index in [0.29, 0.717) is 5.56 Å². The fourth-order valence-corrected chi connectivity index (χ4v) is 3.16. The highest BCUT2D eigenvalue weighted by Gasteiger charge is 2.41. The van der Waals surface area contributed by atoms with Gasteiger partial charge in [-0.25, -0.2) is 13.6 Å². The maximum atomic E-state index is 14.8. The molecule has 1 atom stereocenters. The standard InChI is InChI=1S/C25H23F2NO3/c1-3-31-24(29)25(19-12-8-5-9-13-19,15-14-18-10-6-4-7-11-18)28-23-21(26)16-20(30-2)17-22(23)27/h4-17,28H,3H2,1-2H3/b15-14+. The van der Waals surface area contributed by atoms with Gasteiger partial charge in [0.1, 0.15) is 11.4 Å². The van der Waals surface area contributed by atoms with Crippen LogP contribution in [0.5, 0.6) is 5.75 Å². The molecule has 0 aliphatic heterocycles. The van der Waals surface area contributed by atoms with Crippen LogP contribution in [0.2, 0.25) is 0 Å². The molecule has 1 N–H and O–H groups in total. The van der Waals surface area contributed by atoms with Crippen LogP contribution in [0.1, 0.15) is 18.1 Å². The molecular weight excluding hydrogens is 400 g/mol. The van der Waals surface area contributed by atoms with E-state index in [9.17, 15) is 13.6 Å². The van der Waals surface area contributed by atoms with Crippen LogP contribution in [0.4, 0.5) is 14.5 Å². The number of halogens is 2. The molecule has 3 aromatic rings. The van der Waals surface area contributed by atoms with Gasteiger partial charge in [0, 0.05) is 12.1 Å². The van der Waals surface area contributed by atoms with Crippen LogP contribution in [0.25, 0.3) is 6.08 Å². The monoisotopic (exact) mass is 423 g/mol. The van der Waals surface area contributed by atoms with Gasteiger partial charge < -0.3 is 14.8 Å². The van der Waals surface area contributed by atoms with Crippen LogP contribution in [0.3, 0.4) is 0 Å². The molecule has 3 aromatic carbocycles. The Morgan fingerprint density at radius 1 is 1.00 bits per heavy atom. The van der Waals surface area contributed by atoms with Gasteiger partial charge in [0.2, 0.25) is 0 Å². The van der Waals surface area contributed by atoms with Crippen LogP contribution in [-0.2, 0) is 15.1 Å². The number of nitrogens with one attached hydrogen (secondary N) is 1. The molecule has 31 heavy (non-hydrogen) atoms. The number of carbonyl (C=O) groups excluding carboxylic acids is 1. The van der Waals surface area contributed by atoms with Crippen molar-refractivity contribution in [1.82, 2.24) is 0 Å². The fourth-order valence-electron chi connectivity index (χ4n) is 3.16. The molecule has 0 aromatic heterocycles. The first kappa shape index (κ1) is 22.0. The average Bonchev–Trinajstić information content (AvgIpc) is 2.79. The molecule has 0 saturated heterocycles. The summed E-state index contributed by atoms with van der Waals surface area (Å²) in [6.07, 6.45) is 3.26. The zero-order valence-electron chi connectivity index (χ0n) is 17.3. The Kier molecular flexibility index (Phi) is 7.03. The number of carbonyl (C=O) groups is 1. The van der Waals surface area contributed by atoms with Crippen molar-refractivity contribution in [3.8, 4) is 5.75 Å². The summed E-state index contributed by atoms with van der Waals surface area (Å²) in [5.74, 6) is -2.45. The van der Waals surface area contributed by atoms with Crippen LogP contribution >= 0.6 is 0 Å². The molecule has 4 nitrogen and oxygen atoms in total. The predicted molar refractivity (Wildman–Crippen MR) is 117 cm³/mol. The van der Waals surface area contributed by atoms with Gasteiger partial charge >= 0.3 is 5.97 Å². The third-order valence-corrected chi connectivity index (χ3v) is 4.73. The first-order valence-electron chi connectivity index (χ1n) is 9.78. The second kappa shape index (κ2) is 9.89. The van der Waals surface area contributed by atoms with Crippen molar-refractivity contribution in [1.29, 1.82) is 0 Å². The Hall–Kier alpha value is -3.67.